The van der Waals surface area contributed by atoms with Crippen molar-refractivity contribution in [3.8, 4) is 0 Å². The van der Waals surface area contributed by atoms with Crippen LogP contribution in [0, 0.1) is 11.8 Å². The Morgan fingerprint density at radius 3 is 2.38 bits per heavy atom. The molecule has 0 fully saturated rings. The quantitative estimate of drug-likeness (QED) is 0.485. The molecule has 0 saturated heterocycles. The minimum atomic E-state index is -0.194. The van der Waals surface area contributed by atoms with E-state index in [-0.39, 0.29) is 5.97 Å². The maximum absolute atomic E-state index is 10.5. The molecular weight excluding hydrogens is 164 g/mol. The van der Waals surface area contributed by atoms with Gasteiger partial charge in [0.2, 0.25) is 0 Å². The lowest BCUT2D eigenvalue weighted by Crippen LogP contribution is -2.03. The number of rotatable bonds is 5. The first kappa shape index (κ1) is 12.2. The molecule has 0 saturated carbocycles. The fourth-order valence-electron chi connectivity index (χ4n) is 0.897. The Hall–Kier alpha value is -0.790. The third-order valence-electron chi connectivity index (χ3n) is 1.70. The van der Waals surface area contributed by atoms with Crippen LogP contribution in [-0.4, -0.2) is 12.6 Å². The van der Waals surface area contributed by atoms with Gasteiger partial charge in [0.15, 0.2) is 0 Å². The summed E-state index contributed by atoms with van der Waals surface area (Å²) in [6.45, 7) is 8.39. The molecule has 0 amide bonds. The molecule has 0 aliphatic heterocycles. The average Bonchev–Trinajstić information content (AvgIpc) is 2.00. The minimum Gasteiger partial charge on any atom is -0.466 e. The molecule has 0 aromatic rings. The first-order chi connectivity index (χ1) is 6.02. The van der Waals surface area contributed by atoms with Gasteiger partial charge < -0.3 is 4.74 Å². The fourth-order valence-corrected chi connectivity index (χ4v) is 0.897. The van der Waals surface area contributed by atoms with E-state index in [1.807, 2.05) is 0 Å². The van der Waals surface area contributed by atoms with Gasteiger partial charge in [-0.25, -0.2) is 0 Å². The van der Waals surface area contributed by atoms with Crippen molar-refractivity contribution in [1.29, 1.82) is 0 Å². The van der Waals surface area contributed by atoms with Crippen LogP contribution in [0.5, 0.6) is 0 Å². The van der Waals surface area contributed by atoms with Crippen LogP contribution in [0.2, 0.25) is 0 Å². The smallest absolute Gasteiger partial charge is 0.302 e. The molecule has 0 radical (unpaired) electrons. The largest absolute Gasteiger partial charge is 0.466 e. The van der Waals surface area contributed by atoms with E-state index in [1.165, 1.54) is 6.92 Å². The summed E-state index contributed by atoms with van der Waals surface area (Å²) in [4.78, 5) is 10.5. The highest BCUT2D eigenvalue weighted by Crippen LogP contribution is 2.06. The predicted molar refractivity (Wildman–Crippen MR) is 54.4 cm³/mol. The summed E-state index contributed by atoms with van der Waals surface area (Å²) in [5, 5.41) is 0. The highest BCUT2D eigenvalue weighted by atomic mass is 16.5. The van der Waals surface area contributed by atoms with Gasteiger partial charge in [-0.3, -0.25) is 4.79 Å². The number of hydrogen-bond donors (Lipinski definition) is 0. The third kappa shape index (κ3) is 9.12. The summed E-state index contributed by atoms with van der Waals surface area (Å²) in [5.41, 5.74) is 0. The summed E-state index contributed by atoms with van der Waals surface area (Å²) in [6.07, 6.45) is 5.26. The van der Waals surface area contributed by atoms with Gasteiger partial charge in [0.1, 0.15) is 0 Å². The van der Waals surface area contributed by atoms with E-state index < -0.39 is 0 Å². The molecule has 13 heavy (non-hydrogen) atoms. The van der Waals surface area contributed by atoms with Crippen molar-refractivity contribution < 1.29 is 9.53 Å². The SMILES string of the molecule is CC(=O)OCCC(C)C=CC(C)C. The van der Waals surface area contributed by atoms with Crippen molar-refractivity contribution >= 4 is 5.97 Å². The Balaban J connectivity index is 3.51. The number of hydrogen-bond acceptors (Lipinski definition) is 2. The van der Waals surface area contributed by atoms with Gasteiger partial charge in [-0.05, 0) is 18.3 Å². The molecule has 0 aliphatic carbocycles. The molecule has 0 N–H and O–H groups in total. The zero-order chi connectivity index (χ0) is 10.3. The van der Waals surface area contributed by atoms with E-state index in [9.17, 15) is 4.79 Å². The van der Waals surface area contributed by atoms with Gasteiger partial charge in [-0.2, -0.15) is 0 Å². The van der Waals surface area contributed by atoms with E-state index in [2.05, 4.69) is 32.9 Å². The molecule has 2 nitrogen and oxygen atoms in total. The first-order valence-electron chi connectivity index (χ1n) is 4.84. The second-order valence-electron chi connectivity index (χ2n) is 3.73. The van der Waals surface area contributed by atoms with Gasteiger partial charge in [0.25, 0.3) is 0 Å². The highest BCUT2D eigenvalue weighted by Gasteiger charge is 1.99. The van der Waals surface area contributed by atoms with E-state index in [1.54, 1.807) is 0 Å². The number of esters is 1. The van der Waals surface area contributed by atoms with E-state index in [0.717, 1.165) is 6.42 Å². The van der Waals surface area contributed by atoms with Gasteiger partial charge in [-0.1, -0.05) is 32.9 Å². The number of ether oxygens (including phenoxy) is 1. The van der Waals surface area contributed by atoms with Crippen LogP contribution in [0.15, 0.2) is 12.2 Å². The van der Waals surface area contributed by atoms with Crippen LogP contribution in [0.3, 0.4) is 0 Å². The number of carbonyl (C=O) groups is 1. The Bertz CT molecular complexity index is 171. The van der Waals surface area contributed by atoms with Crippen LogP contribution in [-0.2, 0) is 9.53 Å². The third-order valence-corrected chi connectivity index (χ3v) is 1.70. The Morgan fingerprint density at radius 2 is 1.92 bits per heavy atom. The van der Waals surface area contributed by atoms with Crippen LogP contribution < -0.4 is 0 Å². The molecule has 0 aromatic carbocycles. The molecular formula is C11H20O2. The van der Waals surface area contributed by atoms with Crippen molar-refractivity contribution in [2.75, 3.05) is 6.61 Å². The molecule has 76 valence electrons. The van der Waals surface area contributed by atoms with Crippen molar-refractivity contribution in [2.45, 2.75) is 34.1 Å². The minimum absolute atomic E-state index is 0.194. The van der Waals surface area contributed by atoms with Crippen molar-refractivity contribution in [1.82, 2.24) is 0 Å². The van der Waals surface area contributed by atoms with Crippen LogP contribution in [0.25, 0.3) is 0 Å². The normalized spacial score (nSPS) is 13.6. The zero-order valence-corrected chi connectivity index (χ0v) is 9.04. The Morgan fingerprint density at radius 1 is 1.31 bits per heavy atom. The van der Waals surface area contributed by atoms with E-state index in [4.69, 9.17) is 4.74 Å². The maximum Gasteiger partial charge on any atom is 0.302 e. The summed E-state index contributed by atoms with van der Waals surface area (Å²) >= 11 is 0. The van der Waals surface area contributed by atoms with E-state index >= 15 is 0 Å². The van der Waals surface area contributed by atoms with Gasteiger partial charge >= 0.3 is 5.97 Å². The lowest BCUT2D eigenvalue weighted by Gasteiger charge is -2.06. The standard InChI is InChI=1S/C11H20O2/c1-9(2)5-6-10(3)7-8-13-11(4)12/h5-6,9-10H,7-8H2,1-4H3. The average molecular weight is 184 g/mol. The Labute approximate surface area is 81.0 Å². The molecule has 0 bridgehead atoms. The number of carbonyl (C=O) groups excluding carboxylic acids is 1. The number of allylic oxidation sites excluding steroid dienone is 2. The summed E-state index contributed by atoms with van der Waals surface area (Å²) in [7, 11) is 0. The lowest BCUT2D eigenvalue weighted by atomic mass is 10.1. The van der Waals surface area contributed by atoms with Gasteiger partial charge in [0.05, 0.1) is 6.61 Å². The van der Waals surface area contributed by atoms with Crippen molar-refractivity contribution in [3.63, 3.8) is 0 Å². The first-order valence-corrected chi connectivity index (χ1v) is 4.84. The molecule has 0 heterocycles. The zero-order valence-electron chi connectivity index (χ0n) is 9.04. The van der Waals surface area contributed by atoms with Crippen LogP contribution in [0.1, 0.15) is 34.1 Å². The van der Waals surface area contributed by atoms with Gasteiger partial charge in [-0.15, -0.1) is 0 Å². The summed E-state index contributed by atoms with van der Waals surface area (Å²) in [6, 6.07) is 0. The summed E-state index contributed by atoms with van der Waals surface area (Å²) in [5.74, 6) is 0.887. The van der Waals surface area contributed by atoms with Crippen molar-refractivity contribution in [2.24, 2.45) is 11.8 Å². The molecule has 2 heteroatoms. The van der Waals surface area contributed by atoms with Crippen LogP contribution in [0.4, 0.5) is 0 Å². The molecule has 0 aromatic heterocycles. The van der Waals surface area contributed by atoms with Gasteiger partial charge in [0, 0.05) is 6.92 Å². The predicted octanol–water partition coefficient (Wildman–Crippen LogP) is 2.79. The fraction of sp³-hybridized carbons (Fsp3) is 0.727. The lowest BCUT2D eigenvalue weighted by molar-refractivity contribution is -0.141. The Kier molecular flexibility index (Phi) is 6.29. The second kappa shape index (κ2) is 6.70. The maximum atomic E-state index is 10.5. The monoisotopic (exact) mass is 184 g/mol. The molecule has 0 spiro atoms. The van der Waals surface area contributed by atoms with E-state index in [0.29, 0.717) is 18.4 Å². The molecule has 1 unspecified atom stereocenters. The molecule has 0 rings (SSSR count). The topological polar surface area (TPSA) is 26.3 Å². The van der Waals surface area contributed by atoms with Crippen LogP contribution >= 0.6 is 0 Å². The molecule has 0 aliphatic rings. The highest BCUT2D eigenvalue weighted by molar-refractivity contribution is 5.65. The second-order valence-corrected chi connectivity index (χ2v) is 3.73. The molecule has 1 atom stereocenters. The van der Waals surface area contributed by atoms with Crippen molar-refractivity contribution in [3.05, 3.63) is 12.2 Å². The summed E-state index contributed by atoms with van der Waals surface area (Å²) < 4.78 is 4.85.